The number of amides is 1. The number of halogens is 1. The molecule has 0 bridgehead atoms. The van der Waals surface area contributed by atoms with E-state index in [0.29, 0.717) is 29.2 Å². The molecule has 1 aromatic rings. The first-order valence-electron chi connectivity index (χ1n) is 5.91. The summed E-state index contributed by atoms with van der Waals surface area (Å²) in [6.07, 6.45) is 0.602. The van der Waals surface area contributed by atoms with Crippen LogP contribution in [0.2, 0.25) is 5.02 Å². The van der Waals surface area contributed by atoms with E-state index in [1.54, 1.807) is 12.1 Å². The maximum atomic E-state index is 11.9. The summed E-state index contributed by atoms with van der Waals surface area (Å²) >= 11 is 5.84. The second-order valence-corrected chi connectivity index (χ2v) is 7.35. The molecule has 1 fully saturated rings. The molecule has 1 atom stereocenters. The van der Waals surface area contributed by atoms with Crippen LogP contribution >= 0.6 is 11.6 Å². The van der Waals surface area contributed by atoms with Crippen molar-refractivity contribution >= 4 is 33.0 Å². The Balaban J connectivity index is 1.93. The van der Waals surface area contributed by atoms with Crippen molar-refractivity contribution < 1.29 is 13.2 Å². The molecule has 3 N–H and O–H groups in total. The summed E-state index contributed by atoms with van der Waals surface area (Å²) in [6, 6.07) is 4.65. The van der Waals surface area contributed by atoms with Gasteiger partial charge in [-0.2, -0.15) is 0 Å². The molecular formula is C12H15ClN2O3S. The van der Waals surface area contributed by atoms with E-state index in [1.165, 1.54) is 6.07 Å². The number of carbonyl (C=O) groups is 1. The zero-order valence-electron chi connectivity index (χ0n) is 10.2. The maximum absolute atomic E-state index is 11.9. The molecular weight excluding hydrogens is 288 g/mol. The average molecular weight is 303 g/mol. The van der Waals surface area contributed by atoms with Crippen molar-refractivity contribution in [3.63, 3.8) is 0 Å². The minimum Gasteiger partial charge on any atom is -0.398 e. The van der Waals surface area contributed by atoms with E-state index in [2.05, 4.69) is 5.32 Å². The predicted molar refractivity (Wildman–Crippen MR) is 75.0 cm³/mol. The van der Waals surface area contributed by atoms with Crippen LogP contribution in [0.1, 0.15) is 16.8 Å². The molecule has 1 heterocycles. The highest BCUT2D eigenvalue weighted by atomic mass is 35.5. The SMILES string of the molecule is Nc1ccc(C(=O)NCC2CCS(=O)(=O)C2)cc1Cl. The number of carbonyl (C=O) groups excluding carboxylic acids is 1. The first-order valence-corrected chi connectivity index (χ1v) is 8.11. The molecule has 0 aliphatic carbocycles. The zero-order chi connectivity index (χ0) is 14.0. The fourth-order valence-electron chi connectivity index (χ4n) is 2.04. The summed E-state index contributed by atoms with van der Waals surface area (Å²) in [7, 11) is -2.91. The van der Waals surface area contributed by atoms with Crippen LogP contribution in [-0.4, -0.2) is 32.4 Å². The number of nitrogen functional groups attached to an aromatic ring is 1. The first kappa shape index (κ1) is 14.1. The van der Waals surface area contributed by atoms with E-state index in [0.717, 1.165) is 0 Å². The Hall–Kier alpha value is -1.27. The maximum Gasteiger partial charge on any atom is 0.251 e. The molecule has 0 radical (unpaired) electrons. The molecule has 1 aliphatic heterocycles. The minimum absolute atomic E-state index is 0.00166. The van der Waals surface area contributed by atoms with Gasteiger partial charge < -0.3 is 11.1 Å². The Labute approximate surface area is 117 Å². The number of hydrogen-bond donors (Lipinski definition) is 2. The smallest absolute Gasteiger partial charge is 0.251 e. The standard InChI is InChI=1S/C12H15ClN2O3S/c13-10-5-9(1-2-11(10)14)12(16)15-6-8-3-4-19(17,18)7-8/h1-2,5,8H,3-4,6-7,14H2,(H,15,16). The molecule has 0 spiro atoms. The van der Waals surface area contributed by atoms with Gasteiger partial charge in [-0.25, -0.2) is 8.42 Å². The predicted octanol–water partition coefficient (Wildman–Crippen LogP) is 1.09. The van der Waals surface area contributed by atoms with Gasteiger partial charge in [0.15, 0.2) is 9.84 Å². The normalized spacial score (nSPS) is 21.2. The van der Waals surface area contributed by atoms with Gasteiger partial charge >= 0.3 is 0 Å². The van der Waals surface area contributed by atoms with Gasteiger partial charge in [0, 0.05) is 12.1 Å². The van der Waals surface area contributed by atoms with E-state index in [4.69, 9.17) is 17.3 Å². The van der Waals surface area contributed by atoms with Crippen LogP contribution < -0.4 is 11.1 Å². The summed E-state index contributed by atoms with van der Waals surface area (Å²) < 4.78 is 22.6. The minimum atomic E-state index is -2.91. The molecule has 1 amide bonds. The largest absolute Gasteiger partial charge is 0.398 e. The molecule has 1 aromatic carbocycles. The Morgan fingerprint density at radius 2 is 2.21 bits per heavy atom. The molecule has 1 saturated heterocycles. The molecule has 2 rings (SSSR count). The van der Waals surface area contributed by atoms with Crippen molar-refractivity contribution in [3.05, 3.63) is 28.8 Å². The van der Waals surface area contributed by atoms with E-state index in [1.807, 2.05) is 0 Å². The summed E-state index contributed by atoms with van der Waals surface area (Å²) in [4.78, 5) is 11.9. The lowest BCUT2D eigenvalue weighted by atomic mass is 10.1. The molecule has 0 saturated carbocycles. The van der Waals surface area contributed by atoms with Gasteiger partial charge in [0.1, 0.15) is 0 Å². The van der Waals surface area contributed by atoms with Gasteiger partial charge in [-0.3, -0.25) is 4.79 Å². The lowest BCUT2D eigenvalue weighted by Crippen LogP contribution is -2.29. The van der Waals surface area contributed by atoms with Gasteiger partial charge in [0.05, 0.1) is 22.2 Å². The van der Waals surface area contributed by atoms with Crippen LogP contribution in [0, 0.1) is 5.92 Å². The Kier molecular flexibility index (Phi) is 4.01. The highest BCUT2D eigenvalue weighted by molar-refractivity contribution is 7.91. The fourth-order valence-corrected chi connectivity index (χ4v) is 4.08. The molecule has 1 unspecified atom stereocenters. The summed E-state index contributed by atoms with van der Waals surface area (Å²) in [5.74, 6) is 0.0844. The quantitative estimate of drug-likeness (QED) is 0.818. The lowest BCUT2D eigenvalue weighted by Gasteiger charge is -2.10. The Morgan fingerprint density at radius 1 is 1.47 bits per heavy atom. The zero-order valence-corrected chi connectivity index (χ0v) is 11.8. The van der Waals surface area contributed by atoms with Crippen molar-refractivity contribution in [1.29, 1.82) is 0 Å². The summed E-state index contributed by atoms with van der Waals surface area (Å²) in [6.45, 7) is 0.361. The van der Waals surface area contributed by atoms with Gasteiger partial charge in [-0.1, -0.05) is 11.6 Å². The van der Waals surface area contributed by atoms with Crippen molar-refractivity contribution in [2.24, 2.45) is 5.92 Å². The van der Waals surface area contributed by atoms with Crippen molar-refractivity contribution in [3.8, 4) is 0 Å². The first-order chi connectivity index (χ1) is 8.87. The van der Waals surface area contributed by atoms with Crippen LogP contribution in [0.4, 0.5) is 5.69 Å². The highest BCUT2D eigenvalue weighted by Crippen LogP contribution is 2.20. The second kappa shape index (κ2) is 5.38. The number of sulfone groups is 1. The van der Waals surface area contributed by atoms with Gasteiger partial charge in [-0.05, 0) is 30.5 Å². The van der Waals surface area contributed by atoms with Crippen molar-refractivity contribution in [1.82, 2.24) is 5.32 Å². The second-order valence-electron chi connectivity index (χ2n) is 4.72. The number of benzene rings is 1. The van der Waals surface area contributed by atoms with Crippen LogP contribution in [0.25, 0.3) is 0 Å². The van der Waals surface area contributed by atoms with Gasteiger partial charge in [-0.15, -0.1) is 0 Å². The number of nitrogens with one attached hydrogen (secondary N) is 1. The topological polar surface area (TPSA) is 89.3 Å². The molecule has 0 aromatic heterocycles. The van der Waals surface area contributed by atoms with Crippen molar-refractivity contribution in [2.75, 3.05) is 23.8 Å². The molecule has 7 heteroatoms. The third-order valence-corrected chi connectivity index (χ3v) is 5.30. The molecule has 104 valence electrons. The fraction of sp³-hybridized carbons (Fsp3) is 0.417. The van der Waals surface area contributed by atoms with E-state index in [9.17, 15) is 13.2 Å². The molecule has 1 aliphatic rings. The van der Waals surface area contributed by atoms with Crippen LogP contribution in [0.3, 0.4) is 0 Å². The van der Waals surface area contributed by atoms with E-state index >= 15 is 0 Å². The van der Waals surface area contributed by atoms with Crippen LogP contribution in [0.5, 0.6) is 0 Å². The highest BCUT2D eigenvalue weighted by Gasteiger charge is 2.27. The number of nitrogens with two attached hydrogens (primary N) is 1. The van der Waals surface area contributed by atoms with E-state index in [-0.39, 0.29) is 23.3 Å². The number of hydrogen-bond acceptors (Lipinski definition) is 4. The number of anilines is 1. The van der Waals surface area contributed by atoms with Crippen molar-refractivity contribution in [2.45, 2.75) is 6.42 Å². The van der Waals surface area contributed by atoms with Crippen LogP contribution in [0.15, 0.2) is 18.2 Å². The molecule has 19 heavy (non-hydrogen) atoms. The van der Waals surface area contributed by atoms with E-state index < -0.39 is 9.84 Å². The lowest BCUT2D eigenvalue weighted by molar-refractivity contribution is 0.0948. The number of rotatable bonds is 3. The molecule has 5 nitrogen and oxygen atoms in total. The average Bonchev–Trinajstić information content (AvgIpc) is 2.69. The third kappa shape index (κ3) is 3.61. The third-order valence-electron chi connectivity index (χ3n) is 3.14. The Bertz CT molecular complexity index is 601. The Morgan fingerprint density at radius 3 is 2.79 bits per heavy atom. The summed E-state index contributed by atoms with van der Waals surface area (Å²) in [5, 5.41) is 3.05. The monoisotopic (exact) mass is 302 g/mol. The van der Waals surface area contributed by atoms with Gasteiger partial charge in [0.2, 0.25) is 0 Å². The van der Waals surface area contributed by atoms with Gasteiger partial charge in [0.25, 0.3) is 5.91 Å². The van der Waals surface area contributed by atoms with Crippen LogP contribution in [-0.2, 0) is 9.84 Å². The summed E-state index contributed by atoms with van der Waals surface area (Å²) in [5.41, 5.74) is 6.40.